The molecule has 0 aliphatic carbocycles. The van der Waals surface area contributed by atoms with E-state index in [4.69, 9.17) is 4.42 Å². The molecule has 0 bridgehead atoms. The fourth-order valence-corrected chi connectivity index (χ4v) is 3.37. The van der Waals surface area contributed by atoms with E-state index in [9.17, 15) is 8.42 Å². The minimum absolute atomic E-state index is 0.0448. The molecule has 1 heterocycles. The summed E-state index contributed by atoms with van der Waals surface area (Å²) < 4.78 is 29.8. The highest BCUT2D eigenvalue weighted by atomic mass is 32.2. The lowest BCUT2D eigenvalue weighted by Crippen LogP contribution is -2.07. The standard InChI is InChI=1S/C16H14N2O3S/c19-22(20,11-13-7-3-1-4-8-13)12-15-17-18-16(21-15)14-9-5-2-6-10-14/h1-10H,11-12H2. The zero-order chi connectivity index (χ0) is 15.4. The summed E-state index contributed by atoms with van der Waals surface area (Å²) in [5.74, 6) is 0.124. The zero-order valence-electron chi connectivity index (χ0n) is 11.7. The van der Waals surface area contributed by atoms with Crippen molar-refractivity contribution in [3.63, 3.8) is 0 Å². The molecule has 112 valence electrons. The van der Waals surface area contributed by atoms with E-state index in [2.05, 4.69) is 10.2 Å². The number of rotatable bonds is 5. The van der Waals surface area contributed by atoms with Gasteiger partial charge in [0.2, 0.25) is 11.8 Å². The van der Waals surface area contributed by atoms with Crippen molar-refractivity contribution in [1.29, 1.82) is 0 Å². The predicted molar refractivity (Wildman–Crippen MR) is 82.5 cm³/mol. The Morgan fingerprint density at radius 1 is 0.818 bits per heavy atom. The van der Waals surface area contributed by atoms with Gasteiger partial charge in [-0.25, -0.2) is 8.42 Å². The van der Waals surface area contributed by atoms with Gasteiger partial charge in [-0.2, -0.15) is 0 Å². The molecule has 0 saturated heterocycles. The van der Waals surface area contributed by atoms with Crippen LogP contribution < -0.4 is 0 Å². The maximum absolute atomic E-state index is 12.2. The summed E-state index contributed by atoms with van der Waals surface area (Å²) in [5, 5.41) is 7.72. The van der Waals surface area contributed by atoms with Crippen LogP contribution in [0.1, 0.15) is 11.5 Å². The van der Waals surface area contributed by atoms with Crippen molar-refractivity contribution in [2.45, 2.75) is 11.5 Å². The number of nitrogens with zero attached hydrogens (tertiary/aromatic N) is 2. The molecule has 3 rings (SSSR count). The third-order valence-electron chi connectivity index (χ3n) is 3.06. The first-order chi connectivity index (χ1) is 10.6. The molecular formula is C16H14N2O3S. The molecule has 0 atom stereocenters. The molecule has 0 aliphatic heterocycles. The van der Waals surface area contributed by atoms with Gasteiger partial charge in [0.15, 0.2) is 9.84 Å². The zero-order valence-corrected chi connectivity index (χ0v) is 12.5. The van der Waals surface area contributed by atoms with Crippen molar-refractivity contribution in [3.8, 4) is 11.5 Å². The van der Waals surface area contributed by atoms with Crippen LogP contribution in [0.5, 0.6) is 0 Å². The first-order valence-corrected chi connectivity index (χ1v) is 8.57. The second-order valence-electron chi connectivity index (χ2n) is 4.88. The van der Waals surface area contributed by atoms with Gasteiger partial charge in [-0.3, -0.25) is 0 Å². The van der Waals surface area contributed by atoms with E-state index in [-0.39, 0.29) is 17.4 Å². The lowest BCUT2D eigenvalue weighted by atomic mass is 10.2. The van der Waals surface area contributed by atoms with Gasteiger partial charge in [-0.05, 0) is 17.7 Å². The quantitative estimate of drug-likeness (QED) is 0.724. The molecule has 22 heavy (non-hydrogen) atoms. The van der Waals surface area contributed by atoms with Crippen molar-refractivity contribution in [3.05, 3.63) is 72.1 Å². The van der Waals surface area contributed by atoms with Gasteiger partial charge < -0.3 is 4.42 Å². The average molecular weight is 314 g/mol. The fourth-order valence-electron chi connectivity index (χ4n) is 2.08. The number of sulfone groups is 1. The first kappa shape index (κ1) is 14.5. The summed E-state index contributed by atoms with van der Waals surface area (Å²) >= 11 is 0. The smallest absolute Gasteiger partial charge is 0.247 e. The van der Waals surface area contributed by atoms with Gasteiger partial charge in [0.1, 0.15) is 5.75 Å². The Morgan fingerprint density at radius 3 is 2.14 bits per heavy atom. The third kappa shape index (κ3) is 3.59. The molecule has 5 nitrogen and oxygen atoms in total. The van der Waals surface area contributed by atoms with Gasteiger partial charge in [-0.15, -0.1) is 10.2 Å². The molecule has 0 aliphatic rings. The van der Waals surface area contributed by atoms with Crippen LogP contribution in [0, 0.1) is 0 Å². The highest BCUT2D eigenvalue weighted by Gasteiger charge is 2.18. The Kier molecular flexibility index (Phi) is 4.02. The van der Waals surface area contributed by atoms with Crippen molar-refractivity contribution >= 4 is 9.84 Å². The van der Waals surface area contributed by atoms with Crippen LogP contribution in [0.25, 0.3) is 11.5 Å². The van der Waals surface area contributed by atoms with Gasteiger partial charge in [-0.1, -0.05) is 48.5 Å². The van der Waals surface area contributed by atoms with Crippen molar-refractivity contribution in [2.75, 3.05) is 0 Å². The molecule has 0 unspecified atom stereocenters. The molecule has 6 heteroatoms. The third-order valence-corrected chi connectivity index (χ3v) is 4.52. The number of benzene rings is 2. The summed E-state index contributed by atoms with van der Waals surface area (Å²) in [6.07, 6.45) is 0. The van der Waals surface area contributed by atoms with Crippen LogP contribution in [0.15, 0.2) is 65.1 Å². The van der Waals surface area contributed by atoms with E-state index in [1.54, 1.807) is 12.1 Å². The Balaban J connectivity index is 1.75. The van der Waals surface area contributed by atoms with Crippen LogP contribution in [-0.2, 0) is 21.3 Å². The summed E-state index contributed by atoms with van der Waals surface area (Å²) in [6, 6.07) is 18.3. The van der Waals surface area contributed by atoms with Gasteiger partial charge in [0.05, 0.1) is 5.75 Å². The van der Waals surface area contributed by atoms with E-state index in [0.717, 1.165) is 11.1 Å². The molecule has 0 amide bonds. The number of hydrogen-bond acceptors (Lipinski definition) is 5. The largest absolute Gasteiger partial charge is 0.420 e. The number of hydrogen-bond donors (Lipinski definition) is 0. The average Bonchev–Trinajstić information content (AvgIpc) is 2.96. The molecular weight excluding hydrogens is 300 g/mol. The Bertz CT molecular complexity index is 843. The normalized spacial score (nSPS) is 11.5. The van der Waals surface area contributed by atoms with Crippen LogP contribution in [0.4, 0.5) is 0 Å². The minimum Gasteiger partial charge on any atom is -0.420 e. The monoisotopic (exact) mass is 314 g/mol. The van der Waals surface area contributed by atoms with Crippen molar-refractivity contribution < 1.29 is 12.8 Å². The fraction of sp³-hybridized carbons (Fsp3) is 0.125. The van der Waals surface area contributed by atoms with Crippen LogP contribution in [0.2, 0.25) is 0 Å². The Morgan fingerprint density at radius 2 is 1.45 bits per heavy atom. The van der Waals surface area contributed by atoms with E-state index >= 15 is 0 Å². The van der Waals surface area contributed by atoms with E-state index in [1.165, 1.54) is 0 Å². The summed E-state index contributed by atoms with van der Waals surface area (Å²) in [4.78, 5) is 0. The molecule has 3 aromatic rings. The van der Waals surface area contributed by atoms with Crippen molar-refractivity contribution in [1.82, 2.24) is 10.2 Å². The van der Waals surface area contributed by atoms with Gasteiger partial charge in [0.25, 0.3) is 0 Å². The van der Waals surface area contributed by atoms with Crippen molar-refractivity contribution in [2.24, 2.45) is 0 Å². The van der Waals surface area contributed by atoms with E-state index in [1.807, 2.05) is 48.5 Å². The maximum Gasteiger partial charge on any atom is 0.247 e. The second-order valence-corrected chi connectivity index (χ2v) is 6.95. The lowest BCUT2D eigenvalue weighted by molar-refractivity contribution is 0.518. The summed E-state index contributed by atoms with van der Waals surface area (Å²) in [6.45, 7) is 0. The molecule has 0 saturated carbocycles. The molecule has 0 radical (unpaired) electrons. The molecule has 0 N–H and O–H groups in total. The molecule has 0 spiro atoms. The van der Waals surface area contributed by atoms with Crippen LogP contribution in [-0.4, -0.2) is 18.6 Å². The summed E-state index contributed by atoms with van der Waals surface area (Å²) in [7, 11) is -3.35. The van der Waals surface area contributed by atoms with E-state index in [0.29, 0.717) is 5.89 Å². The van der Waals surface area contributed by atoms with Crippen LogP contribution >= 0.6 is 0 Å². The summed E-state index contributed by atoms with van der Waals surface area (Å²) in [5.41, 5.74) is 1.51. The molecule has 0 fully saturated rings. The predicted octanol–water partition coefficient (Wildman–Crippen LogP) is 2.85. The highest BCUT2D eigenvalue weighted by molar-refractivity contribution is 7.89. The second kappa shape index (κ2) is 6.11. The molecule has 2 aromatic carbocycles. The van der Waals surface area contributed by atoms with E-state index < -0.39 is 9.84 Å². The Hall–Kier alpha value is -2.47. The highest BCUT2D eigenvalue weighted by Crippen LogP contribution is 2.19. The van der Waals surface area contributed by atoms with Gasteiger partial charge in [0, 0.05) is 5.56 Å². The maximum atomic E-state index is 12.2. The molecule has 1 aromatic heterocycles. The van der Waals surface area contributed by atoms with Gasteiger partial charge >= 0.3 is 0 Å². The lowest BCUT2D eigenvalue weighted by Gasteiger charge is -2.01. The first-order valence-electron chi connectivity index (χ1n) is 6.74. The van der Waals surface area contributed by atoms with Crippen LogP contribution in [0.3, 0.4) is 0 Å². The SMILES string of the molecule is O=S(=O)(Cc1ccccc1)Cc1nnc(-c2ccccc2)o1. The Labute approximate surface area is 128 Å². The number of aromatic nitrogens is 2. The minimum atomic E-state index is -3.35. The topological polar surface area (TPSA) is 73.1 Å².